The van der Waals surface area contributed by atoms with E-state index in [0.29, 0.717) is 0 Å². The topological polar surface area (TPSA) is 173 Å². The third-order valence-electron chi connectivity index (χ3n) is 3.88. The first kappa shape index (κ1) is 30.6. The molecule has 34 heavy (non-hydrogen) atoms. The van der Waals surface area contributed by atoms with Crippen LogP contribution in [-0.4, -0.2) is 72.4 Å². The highest BCUT2D eigenvalue weighted by Crippen LogP contribution is 2.16. The van der Waals surface area contributed by atoms with E-state index in [9.17, 15) is 38.4 Å². The van der Waals surface area contributed by atoms with Crippen LogP contribution in [0.2, 0.25) is 0 Å². The molecule has 190 valence electrons. The van der Waals surface area contributed by atoms with Crippen molar-refractivity contribution in [1.29, 1.82) is 0 Å². The third kappa shape index (κ3) is 16.2. The fourth-order valence-electron chi connectivity index (χ4n) is 2.56. The number of carbonyl (C=O) groups is 8. The molecule has 0 aliphatic carbocycles. The van der Waals surface area contributed by atoms with E-state index in [0.717, 1.165) is 0 Å². The van der Waals surface area contributed by atoms with Crippen molar-refractivity contribution in [2.24, 2.45) is 0 Å². The van der Waals surface area contributed by atoms with Crippen LogP contribution in [0.3, 0.4) is 0 Å². The predicted octanol–water partition coefficient (Wildman–Crippen LogP) is 0.593. The second-order valence-corrected chi connectivity index (χ2v) is 7.59. The smallest absolute Gasteiger partial charge is 0.313 e. The lowest BCUT2D eigenvalue weighted by Crippen LogP contribution is -2.38. The first-order chi connectivity index (χ1) is 15.8. The zero-order valence-electron chi connectivity index (χ0n) is 19.7. The molecule has 12 heteroatoms. The average molecular weight is 486 g/mol. The Balaban J connectivity index is 5.45. The van der Waals surface area contributed by atoms with Crippen LogP contribution in [0.1, 0.15) is 66.2 Å². The van der Waals surface area contributed by atoms with Gasteiger partial charge in [0.2, 0.25) is 0 Å². The minimum Gasteiger partial charge on any atom is -0.465 e. The van der Waals surface area contributed by atoms with Crippen LogP contribution in [-0.2, 0) is 57.3 Å². The number of carbonyl (C=O) groups excluding carboxylic acids is 8. The number of hydrogen-bond acceptors (Lipinski definition) is 12. The van der Waals surface area contributed by atoms with Gasteiger partial charge in [0.1, 0.15) is 61.0 Å². The molecule has 0 aromatic heterocycles. The zero-order chi connectivity index (χ0) is 26.3. The van der Waals surface area contributed by atoms with Gasteiger partial charge < -0.3 is 18.9 Å². The molecule has 0 N–H and O–H groups in total. The van der Waals surface area contributed by atoms with Crippen LogP contribution in [0.5, 0.6) is 0 Å². The monoisotopic (exact) mass is 486 g/mol. The molecule has 0 radical (unpaired) electrons. The van der Waals surface area contributed by atoms with Crippen molar-refractivity contribution in [2.75, 3.05) is 13.2 Å². The fourth-order valence-corrected chi connectivity index (χ4v) is 2.56. The number of esters is 4. The summed E-state index contributed by atoms with van der Waals surface area (Å²) in [7, 11) is 0. The van der Waals surface area contributed by atoms with Crippen LogP contribution in [0.4, 0.5) is 0 Å². The molecule has 0 saturated heterocycles. The summed E-state index contributed by atoms with van der Waals surface area (Å²) in [4.78, 5) is 91.8. The van der Waals surface area contributed by atoms with Crippen molar-refractivity contribution in [1.82, 2.24) is 0 Å². The highest BCUT2D eigenvalue weighted by atomic mass is 16.6. The first-order valence-electron chi connectivity index (χ1n) is 10.5. The standard InChI is InChI=1S/C22H30O12/c1-13(23)9-19(27)31-7-5-17(33-21(29)11-15(3)25)18(34-22(30)12-16(4)26)6-8-32-20(28)10-14(2)24/h17-18H,5-12H2,1-4H3. The molecule has 0 heterocycles. The van der Waals surface area contributed by atoms with Crippen LogP contribution in [0.15, 0.2) is 0 Å². The van der Waals surface area contributed by atoms with Crippen molar-refractivity contribution in [3.8, 4) is 0 Å². The molecule has 2 atom stereocenters. The summed E-state index contributed by atoms with van der Waals surface area (Å²) in [5.41, 5.74) is 0. The summed E-state index contributed by atoms with van der Waals surface area (Å²) in [6.45, 7) is 4.08. The van der Waals surface area contributed by atoms with Gasteiger partial charge in [-0.25, -0.2) is 0 Å². The molecule has 0 fully saturated rings. The summed E-state index contributed by atoms with van der Waals surface area (Å²) in [5.74, 6) is -5.31. The predicted molar refractivity (Wildman–Crippen MR) is 112 cm³/mol. The Hall–Kier alpha value is -3.44. The van der Waals surface area contributed by atoms with Gasteiger partial charge in [0.05, 0.1) is 13.2 Å². The maximum atomic E-state index is 12.1. The fraction of sp³-hybridized carbons (Fsp3) is 0.636. The van der Waals surface area contributed by atoms with Crippen molar-refractivity contribution >= 4 is 47.0 Å². The third-order valence-corrected chi connectivity index (χ3v) is 3.88. The largest absolute Gasteiger partial charge is 0.465 e. The van der Waals surface area contributed by atoms with Crippen LogP contribution < -0.4 is 0 Å². The molecule has 0 saturated carbocycles. The molecule has 0 aromatic carbocycles. The van der Waals surface area contributed by atoms with Gasteiger partial charge in [-0.1, -0.05) is 0 Å². The van der Waals surface area contributed by atoms with E-state index in [2.05, 4.69) is 0 Å². The minimum atomic E-state index is -1.24. The minimum absolute atomic E-state index is 0.188. The summed E-state index contributed by atoms with van der Waals surface area (Å²) in [6.07, 6.45) is -4.90. The number of Topliss-reactive ketones (excluding diaryl/α,β-unsaturated/α-hetero) is 4. The number of hydrogen-bond donors (Lipinski definition) is 0. The first-order valence-corrected chi connectivity index (χ1v) is 10.5. The Kier molecular flexibility index (Phi) is 14.6. The van der Waals surface area contributed by atoms with Crippen molar-refractivity contribution < 1.29 is 57.3 Å². The zero-order valence-corrected chi connectivity index (χ0v) is 19.7. The van der Waals surface area contributed by atoms with Crippen molar-refractivity contribution in [3.05, 3.63) is 0 Å². The van der Waals surface area contributed by atoms with Gasteiger partial charge in [0.15, 0.2) is 0 Å². The lowest BCUT2D eigenvalue weighted by atomic mass is 10.1. The Morgan fingerprint density at radius 3 is 1.00 bits per heavy atom. The van der Waals surface area contributed by atoms with Gasteiger partial charge in [-0.15, -0.1) is 0 Å². The lowest BCUT2D eigenvalue weighted by molar-refractivity contribution is -0.173. The molecule has 0 spiro atoms. The van der Waals surface area contributed by atoms with E-state index in [1.807, 2.05) is 0 Å². The maximum Gasteiger partial charge on any atom is 0.313 e. The molecule has 0 aromatic rings. The molecular formula is C22H30O12. The molecule has 12 nitrogen and oxygen atoms in total. The number of ether oxygens (including phenoxy) is 4. The van der Waals surface area contributed by atoms with Crippen LogP contribution >= 0.6 is 0 Å². The molecule has 0 bridgehead atoms. The van der Waals surface area contributed by atoms with Gasteiger partial charge >= 0.3 is 23.9 Å². The molecule has 0 rings (SSSR count). The summed E-state index contributed by atoms with van der Waals surface area (Å²) in [6, 6.07) is 0. The second kappa shape index (κ2) is 16.2. The number of ketones is 4. The quantitative estimate of drug-likeness (QED) is 0.159. The average Bonchev–Trinajstić information content (AvgIpc) is 2.63. The van der Waals surface area contributed by atoms with Crippen molar-refractivity contribution in [2.45, 2.75) is 78.4 Å². The molecular weight excluding hydrogens is 456 g/mol. The maximum absolute atomic E-state index is 12.1. The summed E-state index contributed by atoms with van der Waals surface area (Å²) in [5, 5.41) is 0. The highest BCUT2D eigenvalue weighted by molar-refractivity contribution is 5.95. The Morgan fingerprint density at radius 1 is 0.471 bits per heavy atom. The lowest BCUT2D eigenvalue weighted by Gasteiger charge is -2.27. The van der Waals surface area contributed by atoms with Crippen LogP contribution in [0.25, 0.3) is 0 Å². The second-order valence-electron chi connectivity index (χ2n) is 7.59. The van der Waals surface area contributed by atoms with Crippen LogP contribution in [0, 0.1) is 0 Å². The van der Waals surface area contributed by atoms with Gasteiger partial charge in [0, 0.05) is 12.8 Å². The Labute approximate surface area is 196 Å². The van der Waals surface area contributed by atoms with Gasteiger partial charge in [-0.05, 0) is 27.7 Å². The van der Waals surface area contributed by atoms with E-state index >= 15 is 0 Å². The highest BCUT2D eigenvalue weighted by Gasteiger charge is 2.30. The Morgan fingerprint density at radius 2 is 0.735 bits per heavy atom. The van der Waals surface area contributed by atoms with E-state index in [4.69, 9.17) is 18.9 Å². The normalized spacial score (nSPS) is 12.0. The molecule has 0 amide bonds. The number of rotatable bonds is 17. The van der Waals surface area contributed by atoms with Gasteiger partial charge in [0.25, 0.3) is 0 Å². The van der Waals surface area contributed by atoms with Crippen molar-refractivity contribution in [3.63, 3.8) is 0 Å². The molecule has 2 unspecified atom stereocenters. The van der Waals surface area contributed by atoms with E-state index < -0.39 is 84.9 Å². The summed E-state index contributed by atoms with van der Waals surface area (Å²) < 4.78 is 20.3. The van der Waals surface area contributed by atoms with Gasteiger partial charge in [-0.2, -0.15) is 0 Å². The van der Waals surface area contributed by atoms with E-state index in [1.165, 1.54) is 27.7 Å². The van der Waals surface area contributed by atoms with E-state index in [-0.39, 0.29) is 26.1 Å². The molecule has 0 aliphatic rings. The molecule has 0 aliphatic heterocycles. The van der Waals surface area contributed by atoms with E-state index in [1.54, 1.807) is 0 Å². The Bertz CT molecular complexity index is 732. The SMILES string of the molecule is CC(=O)CC(=O)OCCC(OC(=O)CC(C)=O)C(CCOC(=O)CC(C)=O)OC(=O)CC(C)=O. The summed E-state index contributed by atoms with van der Waals surface area (Å²) >= 11 is 0. The van der Waals surface area contributed by atoms with Gasteiger partial charge in [-0.3, -0.25) is 38.4 Å².